The quantitative estimate of drug-likeness (QED) is 0.841. The van der Waals surface area contributed by atoms with E-state index in [1.807, 2.05) is 6.92 Å². The molecular formula is C13H22N4. The monoisotopic (exact) mass is 234 g/mol. The average Bonchev–Trinajstić information content (AvgIpc) is 2.70. The molecule has 4 heteroatoms. The molecular weight excluding hydrogens is 212 g/mol. The van der Waals surface area contributed by atoms with E-state index >= 15 is 0 Å². The van der Waals surface area contributed by atoms with Crippen LogP contribution in [-0.2, 0) is 6.54 Å². The Morgan fingerprint density at radius 2 is 2.06 bits per heavy atom. The van der Waals surface area contributed by atoms with E-state index in [9.17, 15) is 0 Å². The van der Waals surface area contributed by atoms with Gasteiger partial charge in [-0.15, -0.1) is 5.10 Å². The van der Waals surface area contributed by atoms with E-state index in [1.165, 1.54) is 19.3 Å². The Morgan fingerprint density at radius 1 is 1.29 bits per heavy atom. The van der Waals surface area contributed by atoms with Gasteiger partial charge in [0.1, 0.15) is 0 Å². The molecule has 2 atom stereocenters. The first-order chi connectivity index (χ1) is 8.11. The summed E-state index contributed by atoms with van der Waals surface area (Å²) >= 11 is 0. The Balaban J connectivity index is 2.18. The fraction of sp³-hybridized carbons (Fsp3) is 0.692. The van der Waals surface area contributed by atoms with Gasteiger partial charge in [-0.2, -0.15) is 5.10 Å². The Labute approximate surface area is 103 Å². The van der Waals surface area contributed by atoms with Crippen LogP contribution in [0, 0.1) is 19.8 Å². The summed E-state index contributed by atoms with van der Waals surface area (Å²) < 4.78 is 0. The summed E-state index contributed by atoms with van der Waals surface area (Å²) in [6, 6.07) is 0.534. The van der Waals surface area contributed by atoms with Crippen LogP contribution in [0.25, 0.3) is 0 Å². The van der Waals surface area contributed by atoms with Crippen molar-refractivity contribution in [2.24, 2.45) is 11.7 Å². The van der Waals surface area contributed by atoms with Crippen LogP contribution in [0.5, 0.6) is 0 Å². The van der Waals surface area contributed by atoms with Crippen molar-refractivity contribution in [1.82, 2.24) is 10.2 Å². The second-order valence-corrected chi connectivity index (χ2v) is 5.20. The largest absolute Gasteiger partial charge is 0.366 e. The van der Waals surface area contributed by atoms with Crippen LogP contribution in [-0.4, -0.2) is 16.2 Å². The molecule has 1 aliphatic rings. The molecule has 94 valence electrons. The summed E-state index contributed by atoms with van der Waals surface area (Å²) in [5.74, 6) is 1.70. The van der Waals surface area contributed by atoms with Crippen LogP contribution in [0.2, 0.25) is 0 Å². The van der Waals surface area contributed by atoms with Crippen LogP contribution in [0.1, 0.15) is 43.0 Å². The molecule has 3 N–H and O–H groups in total. The maximum Gasteiger partial charge on any atom is 0.153 e. The first-order valence-electron chi connectivity index (χ1n) is 6.41. The minimum Gasteiger partial charge on any atom is -0.366 e. The molecule has 1 fully saturated rings. The van der Waals surface area contributed by atoms with Crippen molar-refractivity contribution in [3.63, 3.8) is 0 Å². The molecule has 1 aromatic heterocycles. The Kier molecular flexibility index (Phi) is 3.62. The molecule has 1 heterocycles. The predicted molar refractivity (Wildman–Crippen MR) is 69.8 cm³/mol. The molecule has 1 aromatic rings. The number of nitrogens with two attached hydrogens (primary N) is 1. The van der Waals surface area contributed by atoms with Crippen LogP contribution in [0.4, 0.5) is 5.82 Å². The number of anilines is 1. The summed E-state index contributed by atoms with van der Waals surface area (Å²) in [7, 11) is 0. The molecule has 0 amide bonds. The second-order valence-electron chi connectivity index (χ2n) is 5.20. The normalized spacial score (nSPS) is 24.0. The zero-order valence-corrected chi connectivity index (χ0v) is 11.0. The van der Waals surface area contributed by atoms with Crippen molar-refractivity contribution < 1.29 is 0 Å². The molecule has 1 aliphatic carbocycles. The van der Waals surface area contributed by atoms with Gasteiger partial charge in [0.15, 0.2) is 5.82 Å². The predicted octanol–water partition coefficient (Wildman–Crippen LogP) is 2.15. The van der Waals surface area contributed by atoms with Crippen LogP contribution >= 0.6 is 0 Å². The number of nitrogens with one attached hydrogen (secondary N) is 1. The number of aromatic nitrogens is 2. The fourth-order valence-electron chi connectivity index (χ4n) is 2.55. The lowest BCUT2D eigenvalue weighted by Gasteiger charge is -2.17. The molecule has 0 aliphatic heterocycles. The van der Waals surface area contributed by atoms with Crippen molar-refractivity contribution >= 4 is 5.82 Å². The number of aryl methyl sites for hydroxylation is 1. The standard InChI is InChI=1S/C13H22N4/c1-8-4-5-11(6-8)15-13-12(7-14)9(2)10(3)16-17-13/h8,11H,4-7,14H2,1-3H3,(H,15,17). The summed E-state index contributed by atoms with van der Waals surface area (Å²) in [5.41, 5.74) is 9.05. The Bertz CT molecular complexity index is 403. The number of rotatable bonds is 3. The number of nitrogens with zero attached hydrogens (tertiary/aromatic N) is 2. The summed E-state index contributed by atoms with van der Waals surface area (Å²) in [6.07, 6.45) is 3.74. The van der Waals surface area contributed by atoms with E-state index in [0.717, 1.165) is 28.6 Å². The van der Waals surface area contributed by atoms with Gasteiger partial charge in [0.25, 0.3) is 0 Å². The number of hydrogen-bond donors (Lipinski definition) is 2. The zero-order valence-electron chi connectivity index (χ0n) is 11.0. The average molecular weight is 234 g/mol. The van der Waals surface area contributed by atoms with E-state index in [-0.39, 0.29) is 0 Å². The topological polar surface area (TPSA) is 63.8 Å². The minimum atomic E-state index is 0.521. The van der Waals surface area contributed by atoms with Crippen molar-refractivity contribution in [2.75, 3.05) is 5.32 Å². The molecule has 4 nitrogen and oxygen atoms in total. The third-order valence-electron chi connectivity index (χ3n) is 3.82. The lowest BCUT2D eigenvalue weighted by atomic mass is 10.1. The molecule has 0 spiro atoms. The highest BCUT2D eigenvalue weighted by Crippen LogP contribution is 2.28. The first kappa shape index (κ1) is 12.3. The van der Waals surface area contributed by atoms with Crippen LogP contribution in [0.3, 0.4) is 0 Å². The van der Waals surface area contributed by atoms with Gasteiger partial charge in [-0.1, -0.05) is 6.92 Å². The highest BCUT2D eigenvalue weighted by atomic mass is 15.2. The van der Waals surface area contributed by atoms with Gasteiger partial charge in [0, 0.05) is 18.2 Å². The van der Waals surface area contributed by atoms with E-state index in [1.54, 1.807) is 0 Å². The van der Waals surface area contributed by atoms with Crippen molar-refractivity contribution in [2.45, 2.75) is 52.6 Å². The van der Waals surface area contributed by atoms with Gasteiger partial charge in [-0.25, -0.2) is 0 Å². The molecule has 2 unspecified atom stereocenters. The Hall–Kier alpha value is -1.16. The lowest BCUT2D eigenvalue weighted by Crippen LogP contribution is -2.20. The molecule has 0 radical (unpaired) electrons. The van der Waals surface area contributed by atoms with Crippen molar-refractivity contribution in [1.29, 1.82) is 0 Å². The number of hydrogen-bond acceptors (Lipinski definition) is 4. The van der Waals surface area contributed by atoms with Gasteiger partial charge in [-0.3, -0.25) is 0 Å². The third-order valence-corrected chi connectivity index (χ3v) is 3.82. The van der Waals surface area contributed by atoms with E-state index < -0.39 is 0 Å². The van der Waals surface area contributed by atoms with Crippen LogP contribution < -0.4 is 11.1 Å². The summed E-state index contributed by atoms with van der Waals surface area (Å²) in [6.45, 7) is 6.86. The third kappa shape index (κ3) is 2.57. The first-order valence-corrected chi connectivity index (χ1v) is 6.41. The minimum absolute atomic E-state index is 0.521. The van der Waals surface area contributed by atoms with E-state index in [2.05, 4.69) is 29.4 Å². The molecule has 2 rings (SSSR count). The van der Waals surface area contributed by atoms with E-state index in [4.69, 9.17) is 5.73 Å². The maximum absolute atomic E-state index is 5.81. The second kappa shape index (κ2) is 5.00. The van der Waals surface area contributed by atoms with Crippen molar-refractivity contribution in [3.8, 4) is 0 Å². The Morgan fingerprint density at radius 3 is 2.65 bits per heavy atom. The SMILES string of the molecule is Cc1nnc(NC2CCC(C)C2)c(CN)c1C. The van der Waals surface area contributed by atoms with Gasteiger partial charge < -0.3 is 11.1 Å². The lowest BCUT2D eigenvalue weighted by molar-refractivity contribution is 0.601. The van der Waals surface area contributed by atoms with Gasteiger partial charge in [0.05, 0.1) is 5.69 Å². The molecule has 0 aromatic carbocycles. The fourth-order valence-corrected chi connectivity index (χ4v) is 2.55. The molecule has 0 bridgehead atoms. The molecule has 17 heavy (non-hydrogen) atoms. The highest BCUT2D eigenvalue weighted by Gasteiger charge is 2.22. The summed E-state index contributed by atoms with van der Waals surface area (Å²) in [5, 5.41) is 11.9. The highest BCUT2D eigenvalue weighted by molar-refractivity contribution is 5.49. The zero-order chi connectivity index (χ0) is 12.4. The van der Waals surface area contributed by atoms with Crippen molar-refractivity contribution in [3.05, 3.63) is 16.8 Å². The van der Waals surface area contributed by atoms with Gasteiger partial charge in [-0.05, 0) is 44.6 Å². The smallest absolute Gasteiger partial charge is 0.153 e. The van der Waals surface area contributed by atoms with Crippen LogP contribution in [0.15, 0.2) is 0 Å². The van der Waals surface area contributed by atoms with E-state index in [0.29, 0.717) is 12.6 Å². The maximum atomic E-state index is 5.81. The van der Waals surface area contributed by atoms with Gasteiger partial charge in [0.2, 0.25) is 0 Å². The summed E-state index contributed by atoms with van der Waals surface area (Å²) in [4.78, 5) is 0. The molecule has 0 saturated heterocycles. The van der Waals surface area contributed by atoms with Gasteiger partial charge >= 0.3 is 0 Å². The molecule has 1 saturated carbocycles.